The van der Waals surface area contributed by atoms with E-state index in [4.69, 9.17) is 10.00 Å². The second-order valence-electron chi connectivity index (χ2n) is 5.83. The lowest BCUT2D eigenvalue weighted by molar-refractivity contribution is 0.166. The number of nitriles is 1. The van der Waals surface area contributed by atoms with E-state index < -0.39 is 0 Å². The van der Waals surface area contributed by atoms with Crippen LogP contribution in [0.4, 0.5) is 0 Å². The molecule has 1 fully saturated rings. The molecule has 21 heavy (non-hydrogen) atoms. The summed E-state index contributed by atoms with van der Waals surface area (Å²) in [7, 11) is 2.19. The van der Waals surface area contributed by atoms with E-state index in [1.54, 1.807) is 0 Å². The van der Waals surface area contributed by atoms with Crippen molar-refractivity contribution in [3.05, 3.63) is 29.8 Å². The van der Waals surface area contributed by atoms with Crippen molar-refractivity contribution in [2.24, 2.45) is 0 Å². The highest BCUT2D eigenvalue weighted by Gasteiger charge is 2.18. The van der Waals surface area contributed by atoms with Crippen LogP contribution in [-0.4, -0.2) is 55.7 Å². The van der Waals surface area contributed by atoms with Crippen LogP contribution in [0.2, 0.25) is 0 Å². The lowest BCUT2D eigenvalue weighted by Gasteiger charge is -2.27. The first-order valence-corrected chi connectivity index (χ1v) is 7.70. The predicted octanol–water partition coefficient (Wildman–Crippen LogP) is 2.16. The summed E-state index contributed by atoms with van der Waals surface area (Å²) in [4.78, 5) is 4.91. The van der Waals surface area contributed by atoms with Gasteiger partial charge in [0, 0.05) is 19.1 Å². The van der Waals surface area contributed by atoms with Gasteiger partial charge in [-0.3, -0.25) is 4.90 Å². The molecular formula is C17H25N3O. The largest absolute Gasteiger partial charge is 0.492 e. The summed E-state index contributed by atoms with van der Waals surface area (Å²) in [6.45, 7) is 7.43. The molecule has 0 amide bonds. The molecular weight excluding hydrogens is 262 g/mol. The number of ether oxygens (including phenoxy) is 1. The van der Waals surface area contributed by atoms with Crippen LogP contribution in [0.1, 0.15) is 18.9 Å². The highest BCUT2D eigenvalue weighted by Crippen LogP contribution is 2.13. The summed E-state index contributed by atoms with van der Waals surface area (Å²) in [5, 5.41) is 8.65. The maximum atomic E-state index is 8.65. The van der Waals surface area contributed by atoms with Gasteiger partial charge in [-0.05, 0) is 51.2 Å². The Morgan fingerprint density at radius 3 is 2.76 bits per heavy atom. The molecule has 0 bridgehead atoms. The summed E-state index contributed by atoms with van der Waals surface area (Å²) in [6.07, 6.45) is 1.68. The summed E-state index contributed by atoms with van der Waals surface area (Å²) >= 11 is 0. The van der Waals surface area contributed by atoms with Gasteiger partial charge in [0.25, 0.3) is 0 Å². The third kappa shape index (κ3) is 5.04. The predicted molar refractivity (Wildman–Crippen MR) is 84.4 cm³/mol. The molecule has 0 aromatic heterocycles. The van der Waals surface area contributed by atoms with Crippen molar-refractivity contribution in [3.8, 4) is 11.8 Å². The Balaban J connectivity index is 1.77. The lowest BCUT2D eigenvalue weighted by Crippen LogP contribution is -2.40. The minimum Gasteiger partial charge on any atom is -0.492 e. The zero-order chi connectivity index (χ0) is 15.1. The van der Waals surface area contributed by atoms with E-state index in [1.807, 2.05) is 24.3 Å². The third-order valence-electron chi connectivity index (χ3n) is 4.04. The van der Waals surface area contributed by atoms with E-state index in [2.05, 4.69) is 29.8 Å². The van der Waals surface area contributed by atoms with Gasteiger partial charge < -0.3 is 9.64 Å². The molecule has 0 aliphatic carbocycles. The van der Waals surface area contributed by atoms with Crippen molar-refractivity contribution in [2.45, 2.75) is 25.8 Å². The molecule has 1 aliphatic heterocycles. The smallest absolute Gasteiger partial charge is 0.119 e. The Morgan fingerprint density at radius 1 is 1.29 bits per heavy atom. The standard InChI is InChI=1S/C17H25N3O/c1-15-14-19(2)10-3-11-20(15)12-13-21-17-6-4-16(5-7-17)8-9-18/h4-7,15H,3,8,10-14H2,1-2H3. The van der Waals surface area contributed by atoms with Gasteiger partial charge in [0.1, 0.15) is 12.4 Å². The first kappa shape index (κ1) is 15.8. The normalized spacial score (nSPS) is 20.7. The monoisotopic (exact) mass is 287 g/mol. The Kier molecular flexibility index (Phi) is 6.04. The first-order chi connectivity index (χ1) is 10.2. The molecule has 1 atom stereocenters. The van der Waals surface area contributed by atoms with Gasteiger partial charge in [0.05, 0.1) is 12.5 Å². The SMILES string of the molecule is CC1CN(C)CCCN1CCOc1ccc(CC#N)cc1. The van der Waals surface area contributed by atoms with Gasteiger partial charge in [0.2, 0.25) is 0 Å². The van der Waals surface area contributed by atoms with E-state index >= 15 is 0 Å². The van der Waals surface area contributed by atoms with E-state index in [0.717, 1.165) is 30.9 Å². The fraction of sp³-hybridized carbons (Fsp3) is 0.588. The number of hydrogen-bond donors (Lipinski definition) is 0. The van der Waals surface area contributed by atoms with E-state index in [9.17, 15) is 0 Å². The van der Waals surface area contributed by atoms with E-state index in [0.29, 0.717) is 19.1 Å². The molecule has 1 saturated heterocycles. The van der Waals surface area contributed by atoms with Crippen molar-refractivity contribution < 1.29 is 4.74 Å². The van der Waals surface area contributed by atoms with Crippen LogP contribution in [0.25, 0.3) is 0 Å². The van der Waals surface area contributed by atoms with Crippen LogP contribution in [-0.2, 0) is 6.42 Å². The molecule has 4 heteroatoms. The molecule has 0 spiro atoms. The van der Waals surface area contributed by atoms with Crippen molar-refractivity contribution in [1.29, 1.82) is 5.26 Å². The minimum absolute atomic E-state index is 0.457. The lowest BCUT2D eigenvalue weighted by atomic mass is 10.2. The summed E-state index contributed by atoms with van der Waals surface area (Å²) in [5.74, 6) is 0.885. The minimum atomic E-state index is 0.457. The highest BCUT2D eigenvalue weighted by atomic mass is 16.5. The maximum absolute atomic E-state index is 8.65. The molecule has 1 aliphatic rings. The molecule has 0 saturated carbocycles. The second kappa shape index (κ2) is 8.02. The molecule has 1 heterocycles. The number of hydrogen-bond acceptors (Lipinski definition) is 4. The number of nitrogens with zero attached hydrogens (tertiary/aromatic N) is 3. The summed E-state index contributed by atoms with van der Waals surface area (Å²) in [6, 6.07) is 10.6. The molecule has 1 unspecified atom stereocenters. The number of likely N-dealkylation sites (N-methyl/N-ethyl adjacent to an activating group) is 1. The second-order valence-corrected chi connectivity index (χ2v) is 5.83. The summed E-state index contributed by atoms with van der Waals surface area (Å²) in [5.41, 5.74) is 1.04. The van der Waals surface area contributed by atoms with Crippen molar-refractivity contribution in [1.82, 2.24) is 9.80 Å². The van der Waals surface area contributed by atoms with Crippen molar-refractivity contribution in [2.75, 3.05) is 39.8 Å². The molecule has 2 rings (SSSR count). The van der Waals surface area contributed by atoms with Gasteiger partial charge in [-0.1, -0.05) is 12.1 Å². The van der Waals surface area contributed by atoms with Gasteiger partial charge in [-0.25, -0.2) is 0 Å². The fourth-order valence-corrected chi connectivity index (χ4v) is 2.83. The Morgan fingerprint density at radius 2 is 2.05 bits per heavy atom. The zero-order valence-corrected chi connectivity index (χ0v) is 13.1. The van der Waals surface area contributed by atoms with Crippen LogP contribution in [0.3, 0.4) is 0 Å². The molecule has 4 nitrogen and oxygen atoms in total. The average molecular weight is 287 g/mol. The fourth-order valence-electron chi connectivity index (χ4n) is 2.83. The van der Waals surface area contributed by atoms with Gasteiger partial charge in [0.15, 0.2) is 0 Å². The van der Waals surface area contributed by atoms with E-state index in [1.165, 1.54) is 13.0 Å². The number of rotatable bonds is 5. The molecule has 114 valence electrons. The van der Waals surface area contributed by atoms with Gasteiger partial charge in [-0.2, -0.15) is 5.26 Å². The average Bonchev–Trinajstić information content (AvgIpc) is 2.62. The zero-order valence-electron chi connectivity index (χ0n) is 13.1. The molecule has 0 N–H and O–H groups in total. The Bertz CT molecular complexity index is 466. The van der Waals surface area contributed by atoms with E-state index in [-0.39, 0.29) is 0 Å². The third-order valence-corrected chi connectivity index (χ3v) is 4.04. The molecule has 1 aromatic rings. The quantitative estimate of drug-likeness (QED) is 0.832. The molecule has 0 radical (unpaired) electrons. The summed E-state index contributed by atoms with van der Waals surface area (Å²) < 4.78 is 5.82. The van der Waals surface area contributed by atoms with Crippen LogP contribution < -0.4 is 4.74 Å². The Hall–Kier alpha value is -1.57. The van der Waals surface area contributed by atoms with Gasteiger partial charge in [-0.15, -0.1) is 0 Å². The van der Waals surface area contributed by atoms with Crippen LogP contribution >= 0.6 is 0 Å². The number of benzene rings is 1. The molecule has 1 aromatic carbocycles. The van der Waals surface area contributed by atoms with Crippen molar-refractivity contribution >= 4 is 0 Å². The van der Waals surface area contributed by atoms with Crippen LogP contribution in [0.5, 0.6) is 5.75 Å². The Labute approximate surface area is 127 Å². The topological polar surface area (TPSA) is 39.5 Å². The van der Waals surface area contributed by atoms with Crippen LogP contribution in [0, 0.1) is 11.3 Å². The van der Waals surface area contributed by atoms with Gasteiger partial charge >= 0.3 is 0 Å². The van der Waals surface area contributed by atoms with Crippen LogP contribution in [0.15, 0.2) is 24.3 Å². The maximum Gasteiger partial charge on any atom is 0.119 e. The highest BCUT2D eigenvalue weighted by molar-refractivity contribution is 5.28. The van der Waals surface area contributed by atoms with Crippen molar-refractivity contribution in [3.63, 3.8) is 0 Å². The first-order valence-electron chi connectivity index (χ1n) is 7.70.